The molecule has 0 atom stereocenters. The Bertz CT molecular complexity index is 418. The average molecular weight is 242 g/mol. The van der Waals surface area contributed by atoms with E-state index in [0.717, 1.165) is 5.56 Å². The predicted octanol–water partition coefficient (Wildman–Crippen LogP) is 2.26. The van der Waals surface area contributed by atoms with Crippen molar-refractivity contribution in [3.63, 3.8) is 0 Å². The van der Waals surface area contributed by atoms with E-state index in [1.165, 1.54) is 6.07 Å². The summed E-state index contributed by atoms with van der Waals surface area (Å²) in [5.74, 6) is -1.15. The molecule has 0 saturated heterocycles. The van der Waals surface area contributed by atoms with E-state index in [9.17, 15) is 9.59 Å². The van der Waals surface area contributed by atoms with Crippen LogP contribution in [-0.4, -0.2) is 22.9 Å². The maximum Gasteiger partial charge on any atom is 0.337 e. The van der Waals surface area contributed by atoms with Gasteiger partial charge in [0, 0.05) is 12.3 Å². The van der Waals surface area contributed by atoms with Crippen LogP contribution in [0.4, 0.5) is 5.69 Å². The number of carbonyl (C=O) groups is 2. The molecular weight excluding hydrogens is 230 g/mol. The first-order chi connectivity index (χ1) is 7.54. The number of amides is 1. The standard InChI is InChI=1S/C11H12ClNO3/c1-7-2-3-9(8(6-7)11(15)16)13-10(14)4-5-12/h2-3,6H,4-5H2,1H3,(H,13,14)(H,15,16). The smallest absolute Gasteiger partial charge is 0.337 e. The predicted molar refractivity (Wildman–Crippen MR) is 62.1 cm³/mol. The number of hydrogen-bond acceptors (Lipinski definition) is 2. The normalized spacial score (nSPS) is 9.88. The van der Waals surface area contributed by atoms with Gasteiger partial charge < -0.3 is 10.4 Å². The monoisotopic (exact) mass is 241 g/mol. The molecule has 0 saturated carbocycles. The number of aryl methyl sites for hydroxylation is 1. The highest BCUT2D eigenvalue weighted by molar-refractivity contribution is 6.19. The van der Waals surface area contributed by atoms with Gasteiger partial charge in [-0.05, 0) is 19.1 Å². The second-order valence-corrected chi connectivity index (χ2v) is 3.72. The van der Waals surface area contributed by atoms with Crippen LogP contribution in [0.1, 0.15) is 22.3 Å². The zero-order valence-corrected chi connectivity index (χ0v) is 9.54. The highest BCUT2D eigenvalue weighted by Crippen LogP contribution is 2.17. The molecule has 1 amide bonds. The maximum atomic E-state index is 11.3. The zero-order valence-electron chi connectivity index (χ0n) is 8.79. The summed E-state index contributed by atoms with van der Waals surface area (Å²) in [7, 11) is 0. The summed E-state index contributed by atoms with van der Waals surface area (Å²) in [5, 5.41) is 11.5. The minimum absolute atomic E-state index is 0.0860. The molecule has 1 aromatic rings. The van der Waals surface area contributed by atoms with E-state index in [4.69, 9.17) is 16.7 Å². The lowest BCUT2D eigenvalue weighted by Crippen LogP contribution is -2.14. The first-order valence-electron chi connectivity index (χ1n) is 4.74. The zero-order chi connectivity index (χ0) is 12.1. The van der Waals surface area contributed by atoms with Crippen LogP contribution in [0.5, 0.6) is 0 Å². The fraction of sp³-hybridized carbons (Fsp3) is 0.273. The number of carboxylic acid groups (broad SMARTS) is 1. The number of alkyl halides is 1. The second-order valence-electron chi connectivity index (χ2n) is 3.34. The Morgan fingerprint density at radius 1 is 1.44 bits per heavy atom. The minimum atomic E-state index is -1.06. The molecule has 0 aliphatic rings. The molecule has 0 heterocycles. The van der Waals surface area contributed by atoms with Crippen molar-refractivity contribution in [3.05, 3.63) is 29.3 Å². The van der Waals surface area contributed by atoms with Gasteiger partial charge >= 0.3 is 5.97 Å². The molecule has 0 fully saturated rings. The van der Waals surface area contributed by atoms with Gasteiger partial charge in [0.15, 0.2) is 0 Å². The van der Waals surface area contributed by atoms with Crippen LogP contribution >= 0.6 is 11.6 Å². The third-order valence-corrected chi connectivity index (χ3v) is 2.19. The number of carboxylic acids is 1. The van der Waals surface area contributed by atoms with Crippen LogP contribution in [0.15, 0.2) is 18.2 Å². The third kappa shape index (κ3) is 3.24. The van der Waals surface area contributed by atoms with Gasteiger partial charge in [0.1, 0.15) is 0 Å². The van der Waals surface area contributed by atoms with Crippen molar-refractivity contribution in [2.24, 2.45) is 0 Å². The molecule has 4 nitrogen and oxygen atoms in total. The number of rotatable bonds is 4. The Kier molecular flexibility index (Phi) is 4.31. The van der Waals surface area contributed by atoms with Gasteiger partial charge in [0.05, 0.1) is 11.3 Å². The van der Waals surface area contributed by atoms with Gasteiger partial charge in [0.25, 0.3) is 0 Å². The van der Waals surface area contributed by atoms with E-state index < -0.39 is 5.97 Å². The Hall–Kier alpha value is -1.55. The summed E-state index contributed by atoms with van der Waals surface area (Å²) >= 11 is 5.41. The van der Waals surface area contributed by atoms with Crippen molar-refractivity contribution < 1.29 is 14.7 Å². The molecular formula is C11H12ClNO3. The average Bonchev–Trinajstić information content (AvgIpc) is 2.20. The largest absolute Gasteiger partial charge is 0.478 e. The van der Waals surface area contributed by atoms with Crippen molar-refractivity contribution in [1.82, 2.24) is 0 Å². The van der Waals surface area contributed by atoms with Crippen LogP contribution < -0.4 is 5.32 Å². The first kappa shape index (κ1) is 12.5. The summed E-state index contributed by atoms with van der Waals surface area (Å²) in [6.45, 7) is 1.79. The van der Waals surface area contributed by atoms with Crippen LogP contribution in [0.3, 0.4) is 0 Å². The molecule has 5 heteroatoms. The number of anilines is 1. The van der Waals surface area contributed by atoms with Gasteiger partial charge in [-0.1, -0.05) is 11.6 Å². The van der Waals surface area contributed by atoms with E-state index in [1.54, 1.807) is 19.1 Å². The van der Waals surface area contributed by atoms with Crippen LogP contribution in [0.2, 0.25) is 0 Å². The maximum absolute atomic E-state index is 11.3. The SMILES string of the molecule is Cc1ccc(NC(=O)CCCl)c(C(=O)O)c1. The second kappa shape index (κ2) is 5.51. The lowest BCUT2D eigenvalue weighted by molar-refractivity contribution is -0.115. The molecule has 1 aromatic carbocycles. The van der Waals surface area contributed by atoms with E-state index in [-0.39, 0.29) is 23.8 Å². The number of carbonyl (C=O) groups excluding carboxylic acids is 1. The van der Waals surface area contributed by atoms with Gasteiger partial charge in [0.2, 0.25) is 5.91 Å². The molecule has 0 aliphatic carbocycles. The van der Waals surface area contributed by atoms with Gasteiger partial charge in [-0.25, -0.2) is 4.79 Å². The van der Waals surface area contributed by atoms with Gasteiger partial charge in [-0.15, -0.1) is 11.6 Å². The topological polar surface area (TPSA) is 66.4 Å². The van der Waals surface area contributed by atoms with Crippen LogP contribution in [-0.2, 0) is 4.79 Å². The quantitative estimate of drug-likeness (QED) is 0.795. The molecule has 86 valence electrons. The minimum Gasteiger partial charge on any atom is -0.478 e. The van der Waals surface area contributed by atoms with Crippen molar-refractivity contribution in [2.75, 3.05) is 11.2 Å². The molecule has 0 aromatic heterocycles. The Balaban J connectivity index is 2.95. The summed E-state index contributed by atoms with van der Waals surface area (Å²) in [4.78, 5) is 22.2. The molecule has 0 unspecified atom stereocenters. The van der Waals surface area contributed by atoms with E-state index in [1.807, 2.05) is 0 Å². The lowest BCUT2D eigenvalue weighted by Gasteiger charge is -2.08. The van der Waals surface area contributed by atoms with Crippen molar-refractivity contribution in [1.29, 1.82) is 0 Å². The molecule has 0 bridgehead atoms. The molecule has 2 N–H and O–H groups in total. The first-order valence-corrected chi connectivity index (χ1v) is 5.28. The Morgan fingerprint density at radius 3 is 2.69 bits per heavy atom. The fourth-order valence-electron chi connectivity index (χ4n) is 1.24. The van der Waals surface area contributed by atoms with Crippen molar-refractivity contribution in [3.8, 4) is 0 Å². The third-order valence-electron chi connectivity index (χ3n) is 2.00. The van der Waals surface area contributed by atoms with E-state index in [2.05, 4.69) is 5.32 Å². The number of aromatic carboxylic acids is 1. The molecule has 0 spiro atoms. The Morgan fingerprint density at radius 2 is 2.12 bits per heavy atom. The summed E-state index contributed by atoms with van der Waals surface area (Å²) in [6.07, 6.45) is 0.161. The summed E-state index contributed by atoms with van der Waals surface area (Å²) < 4.78 is 0. The van der Waals surface area contributed by atoms with Gasteiger partial charge in [-0.2, -0.15) is 0 Å². The van der Waals surface area contributed by atoms with Crippen molar-refractivity contribution in [2.45, 2.75) is 13.3 Å². The van der Waals surface area contributed by atoms with Crippen LogP contribution in [0.25, 0.3) is 0 Å². The number of nitrogens with one attached hydrogen (secondary N) is 1. The van der Waals surface area contributed by atoms with Crippen LogP contribution in [0, 0.1) is 6.92 Å². The highest BCUT2D eigenvalue weighted by Gasteiger charge is 2.12. The Labute approximate surface area is 98.2 Å². The molecule has 16 heavy (non-hydrogen) atoms. The molecule has 1 rings (SSSR count). The number of hydrogen-bond donors (Lipinski definition) is 2. The fourth-order valence-corrected chi connectivity index (χ4v) is 1.41. The molecule has 0 radical (unpaired) electrons. The van der Waals surface area contributed by atoms with Crippen molar-refractivity contribution >= 4 is 29.2 Å². The van der Waals surface area contributed by atoms with E-state index >= 15 is 0 Å². The summed E-state index contributed by atoms with van der Waals surface area (Å²) in [6, 6.07) is 4.83. The summed E-state index contributed by atoms with van der Waals surface area (Å²) in [5.41, 5.74) is 1.21. The molecule has 0 aliphatic heterocycles. The number of halogens is 1. The van der Waals surface area contributed by atoms with E-state index in [0.29, 0.717) is 5.69 Å². The number of benzene rings is 1. The lowest BCUT2D eigenvalue weighted by atomic mass is 10.1. The van der Waals surface area contributed by atoms with Gasteiger partial charge in [-0.3, -0.25) is 4.79 Å². The highest BCUT2D eigenvalue weighted by atomic mass is 35.5.